The predicted molar refractivity (Wildman–Crippen MR) is 147 cm³/mol. The standard InChI is InChI=1S/C25H21FIN4O8P/c26-19-20(39-40(34,35)36)17(12-37-25(33)15-9-5-2-6-10-15)38-24(19)31-11-16(27)18-21(28-13-29-22(18)31)30-23(32)14-7-3-1-4-8-14/h1-11,13,17,19-20,24H,12H2,(H2,34,35,36)(H,28,29,30,32)/t17-,19+,20-,24-/m1/s1. The van der Waals surface area contributed by atoms with E-state index in [2.05, 4.69) is 15.3 Å². The molecule has 0 aliphatic carbocycles. The minimum Gasteiger partial charge on any atom is -0.459 e. The van der Waals surface area contributed by atoms with Gasteiger partial charge in [0.15, 0.2) is 12.4 Å². The highest BCUT2D eigenvalue weighted by atomic mass is 127. The maximum atomic E-state index is 15.8. The number of halogens is 2. The Labute approximate surface area is 239 Å². The lowest BCUT2D eigenvalue weighted by atomic mass is 10.1. The van der Waals surface area contributed by atoms with E-state index in [1.54, 1.807) is 48.5 Å². The molecule has 0 saturated carbocycles. The summed E-state index contributed by atoms with van der Waals surface area (Å²) in [4.78, 5) is 52.4. The monoisotopic (exact) mass is 682 g/mol. The number of aromatic nitrogens is 3. The zero-order valence-electron chi connectivity index (χ0n) is 20.3. The highest BCUT2D eigenvalue weighted by Crippen LogP contribution is 2.46. The fourth-order valence-corrected chi connectivity index (χ4v) is 5.62. The Balaban J connectivity index is 1.42. The molecular weight excluding hydrogens is 661 g/mol. The zero-order chi connectivity index (χ0) is 28.4. The zero-order valence-corrected chi connectivity index (χ0v) is 23.4. The Morgan fingerprint density at radius 3 is 2.38 bits per heavy atom. The van der Waals surface area contributed by atoms with E-state index < -0.39 is 50.9 Å². The molecule has 1 aliphatic rings. The largest absolute Gasteiger partial charge is 0.470 e. The van der Waals surface area contributed by atoms with Crippen LogP contribution in [-0.4, -0.2) is 61.2 Å². The molecule has 1 amide bonds. The minimum atomic E-state index is -5.15. The van der Waals surface area contributed by atoms with Crippen LogP contribution in [-0.2, 0) is 18.6 Å². The fraction of sp³-hybridized carbons (Fsp3) is 0.200. The number of phosphoric ester groups is 1. The molecule has 0 unspecified atom stereocenters. The van der Waals surface area contributed by atoms with Crippen LogP contribution in [0, 0.1) is 3.57 Å². The molecule has 5 rings (SSSR count). The maximum Gasteiger partial charge on any atom is 0.470 e. The third-order valence-corrected chi connectivity index (χ3v) is 7.36. The SMILES string of the molecule is O=C(Nc1ncnc2c1c(I)cn2[C@@H]1O[C@H](COC(=O)c2ccccc2)[C@@H](OP(=O)(O)O)[C@@H]1F)c1ccccc1. The number of alkyl halides is 1. The van der Waals surface area contributed by atoms with Gasteiger partial charge in [0.1, 0.15) is 36.6 Å². The number of carbonyl (C=O) groups is 2. The van der Waals surface area contributed by atoms with Gasteiger partial charge < -0.3 is 29.1 Å². The van der Waals surface area contributed by atoms with Crippen LogP contribution in [0.25, 0.3) is 11.0 Å². The van der Waals surface area contributed by atoms with Gasteiger partial charge >= 0.3 is 13.8 Å². The summed E-state index contributed by atoms with van der Waals surface area (Å²) in [7, 11) is -5.15. The number of hydrogen-bond donors (Lipinski definition) is 3. The number of rotatable bonds is 8. The van der Waals surface area contributed by atoms with E-state index >= 15 is 4.39 Å². The number of ether oxygens (including phenoxy) is 2. The van der Waals surface area contributed by atoms with Crippen molar-refractivity contribution in [2.75, 3.05) is 11.9 Å². The molecule has 2 aromatic carbocycles. The van der Waals surface area contributed by atoms with Crippen molar-refractivity contribution in [3.8, 4) is 0 Å². The lowest BCUT2D eigenvalue weighted by molar-refractivity contribution is -0.0522. The van der Waals surface area contributed by atoms with Crippen molar-refractivity contribution in [1.82, 2.24) is 14.5 Å². The quantitative estimate of drug-likeness (QED) is 0.141. The third-order valence-electron chi connectivity index (χ3n) is 6.02. The second-order valence-electron chi connectivity index (χ2n) is 8.66. The number of benzene rings is 2. The van der Waals surface area contributed by atoms with Crippen LogP contribution in [0.3, 0.4) is 0 Å². The lowest BCUT2D eigenvalue weighted by Crippen LogP contribution is -2.34. The molecule has 1 fully saturated rings. The number of amides is 1. The van der Waals surface area contributed by atoms with Crippen LogP contribution in [0.15, 0.2) is 73.2 Å². The van der Waals surface area contributed by atoms with Crippen LogP contribution in [0.4, 0.5) is 10.2 Å². The van der Waals surface area contributed by atoms with Crippen molar-refractivity contribution >= 4 is 59.1 Å². The number of nitrogens with zero attached hydrogens (tertiary/aromatic N) is 3. The normalized spacial score (nSPS) is 20.9. The predicted octanol–water partition coefficient (Wildman–Crippen LogP) is 3.86. The van der Waals surface area contributed by atoms with Crippen LogP contribution in [0.1, 0.15) is 26.9 Å². The molecule has 0 bridgehead atoms. The van der Waals surface area contributed by atoms with Crippen LogP contribution >= 0.6 is 30.4 Å². The Morgan fingerprint density at radius 1 is 1.07 bits per heavy atom. The first-order valence-corrected chi connectivity index (χ1v) is 14.4. The van der Waals surface area contributed by atoms with Crippen LogP contribution in [0.5, 0.6) is 0 Å². The van der Waals surface area contributed by atoms with Crippen molar-refractivity contribution in [3.05, 3.63) is 87.9 Å². The van der Waals surface area contributed by atoms with E-state index in [1.165, 1.54) is 29.2 Å². The molecule has 40 heavy (non-hydrogen) atoms. The summed E-state index contributed by atoms with van der Waals surface area (Å²) >= 11 is 1.97. The van der Waals surface area contributed by atoms with Crippen molar-refractivity contribution < 1.29 is 42.3 Å². The van der Waals surface area contributed by atoms with Gasteiger partial charge in [-0.1, -0.05) is 36.4 Å². The van der Waals surface area contributed by atoms with Crippen LogP contribution in [0.2, 0.25) is 0 Å². The number of phosphoric acid groups is 1. The summed E-state index contributed by atoms with van der Waals surface area (Å²) in [5.41, 5.74) is 0.818. The number of esters is 1. The summed E-state index contributed by atoms with van der Waals surface area (Å²) in [6, 6.07) is 16.5. The molecule has 4 atom stereocenters. The minimum absolute atomic E-state index is 0.173. The lowest BCUT2D eigenvalue weighted by Gasteiger charge is -2.19. The molecule has 1 saturated heterocycles. The van der Waals surface area contributed by atoms with Crippen molar-refractivity contribution in [1.29, 1.82) is 0 Å². The molecule has 15 heteroatoms. The topological polar surface area (TPSA) is 162 Å². The highest BCUT2D eigenvalue weighted by Gasteiger charge is 2.50. The van der Waals surface area contributed by atoms with Gasteiger partial charge in [0, 0.05) is 15.3 Å². The summed E-state index contributed by atoms with van der Waals surface area (Å²) in [6.07, 6.45) is -4.02. The first-order chi connectivity index (χ1) is 19.1. The summed E-state index contributed by atoms with van der Waals surface area (Å²) in [5, 5.41) is 3.12. The fourth-order valence-electron chi connectivity index (χ4n) is 4.25. The van der Waals surface area contributed by atoms with Crippen molar-refractivity contribution in [2.45, 2.75) is 24.6 Å². The molecule has 4 aromatic rings. The number of nitrogens with one attached hydrogen (secondary N) is 1. The van der Waals surface area contributed by atoms with E-state index in [4.69, 9.17) is 14.0 Å². The van der Waals surface area contributed by atoms with Gasteiger partial charge in [0.25, 0.3) is 5.91 Å². The average molecular weight is 682 g/mol. The second-order valence-corrected chi connectivity index (χ2v) is 11.0. The maximum absolute atomic E-state index is 15.8. The average Bonchev–Trinajstić information content (AvgIpc) is 3.43. The summed E-state index contributed by atoms with van der Waals surface area (Å²) in [5.74, 6) is -0.975. The Kier molecular flexibility index (Phi) is 8.26. The number of carbonyl (C=O) groups excluding carboxylic acids is 2. The first kappa shape index (κ1) is 28.3. The summed E-state index contributed by atoms with van der Waals surface area (Å²) < 4.78 is 45.0. The molecule has 3 heterocycles. The highest BCUT2D eigenvalue weighted by molar-refractivity contribution is 14.1. The molecule has 12 nitrogen and oxygen atoms in total. The Hall–Kier alpha value is -3.27. The van der Waals surface area contributed by atoms with Gasteiger partial charge in [0.2, 0.25) is 0 Å². The van der Waals surface area contributed by atoms with Gasteiger partial charge in [-0.3, -0.25) is 9.32 Å². The smallest absolute Gasteiger partial charge is 0.459 e. The van der Waals surface area contributed by atoms with Gasteiger partial charge in [0.05, 0.1) is 10.9 Å². The number of fused-ring (bicyclic) bond motifs is 1. The first-order valence-electron chi connectivity index (χ1n) is 11.8. The molecule has 0 radical (unpaired) electrons. The molecule has 1 aliphatic heterocycles. The van der Waals surface area contributed by atoms with Crippen molar-refractivity contribution in [3.63, 3.8) is 0 Å². The molecule has 208 valence electrons. The van der Waals surface area contributed by atoms with E-state index in [0.29, 0.717) is 14.5 Å². The number of hydrogen-bond acceptors (Lipinski definition) is 8. The van der Waals surface area contributed by atoms with Gasteiger partial charge in [-0.2, -0.15) is 0 Å². The second kappa shape index (κ2) is 11.7. The van der Waals surface area contributed by atoms with Gasteiger partial charge in [-0.05, 0) is 46.9 Å². The van der Waals surface area contributed by atoms with E-state index in [-0.39, 0.29) is 17.0 Å². The van der Waals surface area contributed by atoms with Gasteiger partial charge in [-0.25, -0.2) is 23.7 Å². The molecule has 3 N–H and O–H groups in total. The van der Waals surface area contributed by atoms with Gasteiger partial charge in [-0.15, -0.1) is 0 Å². The Bertz CT molecular complexity index is 1590. The van der Waals surface area contributed by atoms with Crippen LogP contribution < -0.4 is 5.32 Å². The molecule has 2 aromatic heterocycles. The Morgan fingerprint density at radius 2 is 1.73 bits per heavy atom. The molecule has 0 spiro atoms. The van der Waals surface area contributed by atoms with Crippen molar-refractivity contribution in [2.24, 2.45) is 0 Å². The van der Waals surface area contributed by atoms with E-state index in [9.17, 15) is 23.9 Å². The van der Waals surface area contributed by atoms with E-state index in [0.717, 1.165) is 0 Å². The van der Waals surface area contributed by atoms with E-state index in [1.807, 2.05) is 22.6 Å². The molecular formula is C25H21FIN4O8P. The third kappa shape index (κ3) is 6.06. The summed E-state index contributed by atoms with van der Waals surface area (Å²) in [6.45, 7) is -0.543. The number of anilines is 1.